The number of carbonyl (C=O) groups is 1. The molecule has 0 bridgehead atoms. The van der Waals surface area contributed by atoms with Crippen LogP contribution in [0.25, 0.3) is 0 Å². The number of hydrogen-bond donors (Lipinski definition) is 2. The van der Waals surface area contributed by atoms with Gasteiger partial charge in [-0.25, -0.2) is 0 Å². The molecule has 0 fully saturated rings. The molecule has 1 rings (SSSR count). The van der Waals surface area contributed by atoms with Gasteiger partial charge in [-0.1, -0.05) is 30.3 Å². The molecule has 0 aliphatic carbocycles. The summed E-state index contributed by atoms with van der Waals surface area (Å²) >= 11 is 0. The Morgan fingerprint density at radius 1 is 1.28 bits per heavy atom. The maximum Gasteiger partial charge on any atom is 0.237 e. The molecule has 1 atom stereocenters. The molecular weight excluding hydrogens is 232 g/mol. The number of benzene rings is 1. The highest BCUT2D eigenvalue weighted by molar-refractivity contribution is 5.81. The molecule has 0 saturated heterocycles. The maximum absolute atomic E-state index is 11.7. The molecular formula is C13H20N2O3. The average Bonchev–Trinajstić information content (AvgIpc) is 2.40. The standard InChI is InChI=1S/C13H20N2O3/c1-17-12(18-2)9-15-13(16)11(14)8-10-6-4-3-5-7-10/h3-7,11-12H,8-9,14H2,1-2H3,(H,15,16)/t11-/m1/s1. The second-order valence-corrected chi connectivity index (χ2v) is 3.94. The van der Waals surface area contributed by atoms with Gasteiger partial charge < -0.3 is 20.5 Å². The Balaban J connectivity index is 2.37. The van der Waals surface area contributed by atoms with Crippen LogP contribution in [-0.4, -0.2) is 39.0 Å². The van der Waals surface area contributed by atoms with Crippen LogP contribution in [0.5, 0.6) is 0 Å². The summed E-state index contributed by atoms with van der Waals surface area (Å²) in [5.74, 6) is -0.210. The minimum Gasteiger partial charge on any atom is -0.354 e. The van der Waals surface area contributed by atoms with Crippen LogP contribution >= 0.6 is 0 Å². The first-order chi connectivity index (χ1) is 8.67. The molecule has 5 heteroatoms. The first kappa shape index (κ1) is 14.6. The third-order valence-electron chi connectivity index (χ3n) is 2.60. The van der Waals surface area contributed by atoms with Crippen molar-refractivity contribution in [1.82, 2.24) is 5.32 Å². The van der Waals surface area contributed by atoms with Crippen LogP contribution < -0.4 is 11.1 Å². The maximum atomic E-state index is 11.7. The Labute approximate surface area is 107 Å². The van der Waals surface area contributed by atoms with E-state index in [2.05, 4.69) is 5.32 Å². The number of amides is 1. The molecule has 18 heavy (non-hydrogen) atoms. The van der Waals surface area contributed by atoms with E-state index >= 15 is 0 Å². The molecule has 0 unspecified atom stereocenters. The van der Waals surface area contributed by atoms with E-state index in [0.29, 0.717) is 6.42 Å². The summed E-state index contributed by atoms with van der Waals surface area (Å²) in [4.78, 5) is 11.7. The summed E-state index contributed by atoms with van der Waals surface area (Å²) in [7, 11) is 3.04. The fraction of sp³-hybridized carbons (Fsp3) is 0.462. The molecule has 0 aliphatic rings. The lowest BCUT2D eigenvalue weighted by atomic mass is 10.1. The first-order valence-corrected chi connectivity index (χ1v) is 5.80. The monoisotopic (exact) mass is 252 g/mol. The van der Waals surface area contributed by atoms with Crippen molar-refractivity contribution in [3.63, 3.8) is 0 Å². The zero-order valence-electron chi connectivity index (χ0n) is 10.8. The number of rotatable bonds is 7. The summed E-state index contributed by atoms with van der Waals surface area (Å²) in [5, 5.41) is 2.69. The third kappa shape index (κ3) is 4.83. The number of nitrogens with two attached hydrogens (primary N) is 1. The molecule has 0 radical (unpaired) electrons. The predicted molar refractivity (Wildman–Crippen MR) is 68.9 cm³/mol. The fourth-order valence-corrected chi connectivity index (χ4v) is 1.54. The summed E-state index contributed by atoms with van der Waals surface area (Å²) < 4.78 is 9.94. The van der Waals surface area contributed by atoms with Crippen LogP contribution in [0, 0.1) is 0 Å². The van der Waals surface area contributed by atoms with Gasteiger partial charge in [0.05, 0.1) is 12.6 Å². The van der Waals surface area contributed by atoms with Gasteiger partial charge in [0.2, 0.25) is 5.91 Å². The zero-order chi connectivity index (χ0) is 13.4. The number of nitrogens with one attached hydrogen (secondary N) is 1. The van der Waals surface area contributed by atoms with E-state index in [9.17, 15) is 4.79 Å². The molecule has 1 amide bonds. The largest absolute Gasteiger partial charge is 0.354 e. The Kier molecular flexibility index (Phi) is 6.35. The summed E-state index contributed by atoms with van der Waals surface area (Å²) in [5.41, 5.74) is 6.86. The van der Waals surface area contributed by atoms with Crippen LogP contribution in [0.2, 0.25) is 0 Å². The molecule has 0 aliphatic heterocycles. The van der Waals surface area contributed by atoms with E-state index in [1.807, 2.05) is 30.3 Å². The van der Waals surface area contributed by atoms with Crippen LogP contribution in [0.1, 0.15) is 5.56 Å². The molecule has 5 nitrogen and oxygen atoms in total. The van der Waals surface area contributed by atoms with Gasteiger partial charge in [0.1, 0.15) is 0 Å². The van der Waals surface area contributed by atoms with E-state index in [1.165, 1.54) is 14.2 Å². The van der Waals surface area contributed by atoms with Gasteiger partial charge in [-0.15, -0.1) is 0 Å². The molecule has 1 aromatic carbocycles. The average molecular weight is 252 g/mol. The molecule has 0 spiro atoms. The van der Waals surface area contributed by atoms with Gasteiger partial charge in [-0.2, -0.15) is 0 Å². The quantitative estimate of drug-likeness (QED) is 0.684. The molecule has 0 saturated carbocycles. The topological polar surface area (TPSA) is 73.6 Å². The molecule has 1 aromatic rings. The minimum atomic E-state index is -0.568. The van der Waals surface area contributed by atoms with Crippen molar-refractivity contribution in [2.45, 2.75) is 18.8 Å². The van der Waals surface area contributed by atoms with E-state index in [4.69, 9.17) is 15.2 Å². The van der Waals surface area contributed by atoms with Crippen molar-refractivity contribution in [2.75, 3.05) is 20.8 Å². The van der Waals surface area contributed by atoms with Crippen molar-refractivity contribution in [1.29, 1.82) is 0 Å². The second-order valence-electron chi connectivity index (χ2n) is 3.94. The zero-order valence-corrected chi connectivity index (χ0v) is 10.8. The molecule has 3 N–H and O–H groups in total. The normalized spacial score (nSPS) is 12.4. The Bertz CT molecular complexity index is 353. The van der Waals surface area contributed by atoms with E-state index < -0.39 is 12.3 Å². The van der Waals surface area contributed by atoms with Gasteiger partial charge >= 0.3 is 0 Å². The van der Waals surface area contributed by atoms with Gasteiger partial charge in [0.15, 0.2) is 6.29 Å². The highest BCUT2D eigenvalue weighted by atomic mass is 16.7. The number of hydrogen-bond acceptors (Lipinski definition) is 4. The van der Waals surface area contributed by atoms with Gasteiger partial charge in [-0.05, 0) is 12.0 Å². The summed E-state index contributed by atoms with van der Waals surface area (Å²) in [6, 6.07) is 9.09. The van der Waals surface area contributed by atoms with E-state index in [0.717, 1.165) is 5.56 Å². The van der Waals surface area contributed by atoms with Crippen molar-refractivity contribution < 1.29 is 14.3 Å². The molecule has 0 aromatic heterocycles. The summed E-state index contributed by atoms with van der Waals surface area (Å²) in [6.45, 7) is 0.286. The van der Waals surface area contributed by atoms with Gasteiger partial charge in [0, 0.05) is 14.2 Å². The van der Waals surface area contributed by atoms with E-state index in [-0.39, 0.29) is 12.5 Å². The lowest BCUT2D eigenvalue weighted by Crippen LogP contribution is -2.45. The number of carbonyl (C=O) groups excluding carboxylic acids is 1. The molecule has 100 valence electrons. The minimum absolute atomic E-state index is 0.210. The Hall–Kier alpha value is -1.43. The van der Waals surface area contributed by atoms with E-state index in [1.54, 1.807) is 0 Å². The van der Waals surface area contributed by atoms with Crippen molar-refractivity contribution in [3.05, 3.63) is 35.9 Å². The smallest absolute Gasteiger partial charge is 0.237 e. The van der Waals surface area contributed by atoms with Crippen molar-refractivity contribution in [2.24, 2.45) is 5.73 Å². The highest BCUT2D eigenvalue weighted by Crippen LogP contribution is 2.01. The number of methoxy groups -OCH3 is 2. The first-order valence-electron chi connectivity index (χ1n) is 5.80. The third-order valence-corrected chi connectivity index (χ3v) is 2.60. The van der Waals surface area contributed by atoms with Crippen LogP contribution in [0.4, 0.5) is 0 Å². The van der Waals surface area contributed by atoms with Crippen LogP contribution in [-0.2, 0) is 20.7 Å². The van der Waals surface area contributed by atoms with Crippen molar-refractivity contribution >= 4 is 5.91 Å². The second kappa shape index (κ2) is 7.81. The highest BCUT2D eigenvalue weighted by Gasteiger charge is 2.15. The lowest BCUT2D eigenvalue weighted by molar-refractivity contribution is -0.128. The Morgan fingerprint density at radius 2 is 1.89 bits per heavy atom. The summed E-state index contributed by atoms with van der Waals surface area (Å²) in [6.07, 6.45) is 0.0648. The number of ether oxygens (including phenoxy) is 2. The van der Waals surface area contributed by atoms with Crippen LogP contribution in [0.3, 0.4) is 0 Å². The SMILES string of the molecule is COC(CNC(=O)[C@H](N)Cc1ccccc1)OC. The fourth-order valence-electron chi connectivity index (χ4n) is 1.54. The van der Waals surface area contributed by atoms with Gasteiger partial charge in [0.25, 0.3) is 0 Å². The van der Waals surface area contributed by atoms with Gasteiger partial charge in [-0.3, -0.25) is 4.79 Å². The predicted octanol–water partition coefficient (Wildman–Crippen LogP) is 0.292. The molecule has 0 heterocycles. The van der Waals surface area contributed by atoms with Crippen LogP contribution in [0.15, 0.2) is 30.3 Å². The van der Waals surface area contributed by atoms with Crippen molar-refractivity contribution in [3.8, 4) is 0 Å². The Morgan fingerprint density at radius 3 is 2.44 bits per heavy atom. The lowest BCUT2D eigenvalue weighted by Gasteiger charge is -2.16.